The standard InChI is InChI=1S/C11H11N3O2/c15-14(16)10-4-2-1-3-9(10)5-6-11-12-7-8-13-11/h1-4,7-8H,5-6H2,(H,12,13). The predicted octanol–water partition coefficient (Wildman–Crippen LogP) is 2.10. The molecular weight excluding hydrogens is 206 g/mol. The van der Waals surface area contributed by atoms with E-state index in [0.29, 0.717) is 12.8 Å². The summed E-state index contributed by atoms with van der Waals surface area (Å²) in [5.41, 5.74) is 0.915. The minimum Gasteiger partial charge on any atom is -0.349 e. The van der Waals surface area contributed by atoms with E-state index in [1.807, 2.05) is 6.07 Å². The van der Waals surface area contributed by atoms with Gasteiger partial charge in [-0.1, -0.05) is 18.2 Å². The Bertz CT molecular complexity index is 480. The molecule has 82 valence electrons. The number of nitrogens with zero attached hydrogens (tertiary/aromatic N) is 2. The van der Waals surface area contributed by atoms with Crippen molar-refractivity contribution in [2.24, 2.45) is 0 Å². The van der Waals surface area contributed by atoms with Crippen LogP contribution in [-0.4, -0.2) is 14.9 Å². The zero-order valence-electron chi connectivity index (χ0n) is 8.59. The first-order chi connectivity index (χ1) is 7.77. The van der Waals surface area contributed by atoms with Crippen LogP contribution >= 0.6 is 0 Å². The molecule has 1 N–H and O–H groups in total. The van der Waals surface area contributed by atoms with Crippen molar-refractivity contribution in [3.63, 3.8) is 0 Å². The number of aromatic nitrogens is 2. The number of nitrogens with one attached hydrogen (secondary N) is 1. The van der Waals surface area contributed by atoms with Gasteiger partial charge in [0.1, 0.15) is 5.82 Å². The molecule has 0 aliphatic rings. The summed E-state index contributed by atoms with van der Waals surface area (Å²) in [4.78, 5) is 17.5. The molecule has 0 atom stereocenters. The monoisotopic (exact) mass is 217 g/mol. The molecule has 2 rings (SSSR count). The van der Waals surface area contributed by atoms with Gasteiger partial charge in [-0.2, -0.15) is 0 Å². The minimum absolute atomic E-state index is 0.175. The molecule has 0 spiro atoms. The van der Waals surface area contributed by atoms with Crippen molar-refractivity contribution in [3.05, 3.63) is 58.2 Å². The van der Waals surface area contributed by atoms with E-state index in [-0.39, 0.29) is 10.6 Å². The van der Waals surface area contributed by atoms with Gasteiger partial charge in [0.2, 0.25) is 0 Å². The van der Waals surface area contributed by atoms with Gasteiger partial charge in [-0.15, -0.1) is 0 Å². The van der Waals surface area contributed by atoms with Crippen LogP contribution in [0.1, 0.15) is 11.4 Å². The van der Waals surface area contributed by atoms with Gasteiger partial charge in [-0.3, -0.25) is 10.1 Å². The molecule has 5 heteroatoms. The second-order valence-electron chi connectivity index (χ2n) is 3.42. The number of H-pyrrole nitrogens is 1. The van der Waals surface area contributed by atoms with Crippen molar-refractivity contribution in [2.75, 3.05) is 0 Å². The summed E-state index contributed by atoms with van der Waals surface area (Å²) < 4.78 is 0. The van der Waals surface area contributed by atoms with Gasteiger partial charge in [0.25, 0.3) is 5.69 Å². The molecular formula is C11H11N3O2. The van der Waals surface area contributed by atoms with Crippen molar-refractivity contribution in [1.82, 2.24) is 9.97 Å². The van der Waals surface area contributed by atoms with Crippen molar-refractivity contribution < 1.29 is 4.92 Å². The topological polar surface area (TPSA) is 71.8 Å². The molecule has 0 aliphatic carbocycles. The van der Waals surface area contributed by atoms with Crippen LogP contribution in [0, 0.1) is 10.1 Å². The quantitative estimate of drug-likeness (QED) is 0.629. The largest absolute Gasteiger partial charge is 0.349 e. The van der Waals surface area contributed by atoms with Gasteiger partial charge in [0.15, 0.2) is 0 Å². The average molecular weight is 217 g/mol. The zero-order chi connectivity index (χ0) is 11.4. The van der Waals surface area contributed by atoms with E-state index < -0.39 is 0 Å². The molecule has 0 aliphatic heterocycles. The van der Waals surface area contributed by atoms with E-state index >= 15 is 0 Å². The lowest BCUT2D eigenvalue weighted by molar-refractivity contribution is -0.385. The van der Waals surface area contributed by atoms with Gasteiger partial charge in [-0.05, 0) is 6.42 Å². The highest BCUT2D eigenvalue weighted by Crippen LogP contribution is 2.18. The summed E-state index contributed by atoms with van der Waals surface area (Å²) in [6, 6.07) is 6.79. The lowest BCUT2D eigenvalue weighted by Crippen LogP contribution is -1.98. The number of aryl methyl sites for hydroxylation is 2. The molecule has 1 aromatic carbocycles. The van der Waals surface area contributed by atoms with Crippen molar-refractivity contribution in [3.8, 4) is 0 Å². The molecule has 5 nitrogen and oxygen atoms in total. The summed E-state index contributed by atoms with van der Waals surface area (Å²) in [7, 11) is 0. The van der Waals surface area contributed by atoms with Crippen LogP contribution in [0.4, 0.5) is 5.69 Å². The zero-order valence-corrected chi connectivity index (χ0v) is 8.59. The smallest absolute Gasteiger partial charge is 0.272 e. The summed E-state index contributed by atoms with van der Waals surface area (Å²) in [6.07, 6.45) is 4.71. The molecule has 0 fully saturated rings. The lowest BCUT2D eigenvalue weighted by Gasteiger charge is -2.00. The Hall–Kier alpha value is -2.17. The van der Waals surface area contributed by atoms with Gasteiger partial charge < -0.3 is 4.98 Å². The third kappa shape index (κ3) is 2.25. The maximum absolute atomic E-state index is 10.8. The third-order valence-corrected chi connectivity index (χ3v) is 2.37. The van der Waals surface area contributed by atoms with Gasteiger partial charge in [-0.25, -0.2) is 4.98 Å². The third-order valence-electron chi connectivity index (χ3n) is 2.37. The number of hydrogen-bond donors (Lipinski definition) is 1. The molecule has 1 aromatic heterocycles. The molecule has 0 unspecified atom stereocenters. The van der Waals surface area contributed by atoms with Crippen molar-refractivity contribution in [2.45, 2.75) is 12.8 Å². The number of para-hydroxylation sites is 1. The highest BCUT2D eigenvalue weighted by molar-refractivity contribution is 5.39. The first-order valence-corrected chi connectivity index (χ1v) is 4.98. The Morgan fingerprint density at radius 1 is 1.31 bits per heavy atom. The molecule has 0 saturated heterocycles. The first-order valence-electron chi connectivity index (χ1n) is 4.98. The van der Waals surface area contributed by atoms with E-state index in [0.717, 1.165) is 11.4 Å². The summed E-state index contributed by atoms with van der Waals surface area (Å²) in [5, 5.41) is 10.8. The predicted molar refractivity (Wildman–Crippen MR) is 59.1 cm³/mol. The highest BCUT2D eigenvalue weighted by Gasteiger charge is 2.11. The van der Waals surface area contributed by atoms with Gasteiger partial charge >= 0.3 is 0 Å². The van der Waals surface area contributed by atoms with Crippen LogP contribution in [0.15, 0.2) is 36.7 Å². The van der Waals surface area contributed by atoms with Crippen LogP contribution in [0.25, 0.3) is 0 Å². The Morgan fingerprint density at radius 3 is 2.81 bits per heavy atom. The van der Waals surface area contributed by atoms with E-state index in [1.54, 1.807) is 24.5 Å². The van der Waals surface area contributed by atoms with Crippen LogP contribution < -0.4 is 0 Å². The van der Waals surface area contributed by atoms with E-state index in [1.165, 1.54) is 6.07 Å². The molecule has 0 saturated carbocycles. The van der Waals surface area contributed by atoms with Crippen LogP contribution in [-0.2, 0) is 12.8 Å². The first kappa shape index (κ1) is 10.4. The molecule has 0 bridgehead atoms. The lowest BCUT2D eigenvalue weighted by atomic mass is 10.1. The molecule has 2 aromatic rings. The number of rotatable bonds is 4. The molecule has 1 heterocycles. The van der Waals surface area contributed by atoms with E-state index in [9.17, 15) is 10.1 Å². The fraction of sp³-hybridized carbons (Fsp3) is 0.182. The number of benzene rings is 1. The Kier molecular flexibility index (Phi) is 2.95. The maximum Gasteiger partial charge on any atom is 0.272 e. The second-order valence-corrected chi connectivity index (χ2v) is 3.42. The minimum atomic E-state index is -0.350. The SMILES string of the molecule is O=[N+]([O-])c1ccccc1CCc1ncc[nH]1. The van der Waals surface area contributed by atoms with Crippen molar-refractivity contribution >= 4 is 5.69 Å². The average Bonchev–Trinajstić information content (AvgIpc) is 2.79. The number of hydrogen-bond acceptors (Lipinski definition) is 3. The van der Waals surface area contributed by atoms with Crippen LogP contribution in [0.3, 0.4) is 0 Å². The summed E-state index contributed by atoms with van der Waals surface area (Å²) in [5.74, 6) is 0.846. The summed E-state index contributed by atoms with van der Waals surface area (Å²) >= 11 is 0. The maximum atomic E-state index is 10.8. The Labute approximate surface area is 92.3 Å². The molecule has 0 amide bonds. The number of nitro groups is 1. The van der Waals surface area contributed by atoms with Crippen LogP contribution in [0.2, 0.25) is 0 Å². The molecule has 16 heavy (non-hydrogen) atoms. The van der Waals surface area contributed by atoms with Crippen LogP contribution in [0.5, 0.6) is 0 Å². The fourth-order valence-corrected chi connectivity index (χ4v) is 1.59. The Morgan fingerprint density at radius 2 is 2.12 bits per heavy atom. The number of imidazole rings is 1. The number of nitro benzene ring substituents is 1. The second kappa shape index (κ2) is 4.57. The van der Waals surface area contributed by atoms with Gasteiger partial charge in [0, 0.05) is 30.4 Å². The number of aromatic amines is 1. The Balaban J connectivity index is 2.12. The van der Waals surface area contributed by atoms with E-state index in [2.05, 4.69) is 9.97 Å². The van der Waals surface area contributed by atoms with E-state index in [4.69, 9.17) is 0 Å². The normalized spacial score (nSPS) is 10.2. The summed E-state index contributed by atoms with van der Waals surface area (Å²) in [6.45, 7) is 0. The fourth-order valence-electron chi connectivity index (χ4n) is 1.59. The molecule has 0 radical (unpaired) electrons. The highest BCUT2D eigenvalue weighted by atomic mass is 16.6. The van der Waals surface area contributed by atoms with Gasteiger partial charge in [0.05, 0.1) is 4.92 Å². The van der Waals surface area contributed by atoms with Crippen molar-refractivity contribution in [1.29, 1.82) is 0 Å².